The Hall–Kier alpha value is -0.0800. The zero-order valence-corrected chi connectivity index (χ0v) is 6.09. The molecule has 1 heterocycles. The molecule has 1 unspecified atom stereocenters. The van der Waals surface area contributed by atoms with Gasteiger partial charge < -0.3 is 9.47 Å². The quantitative estimate of drug-likeness (QED) is 0.559. The molecule has 0 N–H and O–H groups in total. The molecule has 0 aromatic heterocycles. The molecule has 1 aliphatic rings. The SMILES string of the molecule is COC[C@@H]1CCC(C)O1. The van der Waals surface area contributed by atoms with Crippen molar-refractivity contribution in [1.29, 1.82) is 0 Å². The van der Waals surface area contributed by atoms with E-state index in [-0.39, 0.29) is 0 Å². The van der Waals surface area contributed by atoms with Gasteiger partial charge in [0.25, 0.3) is 0 Å². The van der Waals surface area contributed by atoms with E-state index in [1.165, 1.54) is 6.42 Å². The van der Waals surface area contributed by atoms with Crippen LogP contribution in [0.4, 0.5) is 0 Å². The van der Waals surface area contributed by atoms with Crippen LogP contribution in [0.15, 0.2) is 0 Å². The molecule has 0 saturated carbocycles. The first kappa shape index (κ1) is 7.03. The van der Waals surface area contributed by atoms with Crippen molar-refractivity contribution in [3.63, 3.8) is 0 Å². The lowest BCUT2D eigenvalue weighted by Crippen LogP contribution is -2.14. The summed E-state index contributed by atoms with van der Waals surface area (Å²) in [6, 6.07) is 0. The van der Waals surface area contributed by atoms with Gasteiger partial charge in [0.05, 0.1) is 18.8 Å². The third kappa shape index (κ3) is 1.95. The first-order chi connectivity index (χ1) is 4.33. The third-order valence-corrected chi connectivity index (χ3v) is 1.67. The number of hydrogen-bond acceptors (Lipinski definition) is 2. The molecule has 0 aliphatic carbocycles. The van der Waals surface area contributed by atoms with Gasteiger partial charge >= 0.3 is 0 Å². The zero-order chi connectivity index (χ0) is 6.69. The first-order valence-corrected chi connectivity index (χ1v) is 3.47. The number of methoxy groups -OCH3 is 1. The molecule has 54 valence electrons. The van der Waals surface area contributed by atoms with E-state index in [0.29, 0.717) is 12.2 Å². The van der Waals surface area contributed by atoms with Crippen molar-refractivity contribution < 1.29 is 9.47 Å². The standard InChI is InChI=1S/C7H14O2/c1-6-3-4-7(9-6)5-8-2/h6-7H,3-5H2,1-2H3/t6?,7-/m0/s1. The highest BCUT2D eigenvalue weighted by Crippen LogP contribution is 2.18. The Morgan fingerprint density at radius 3 is 2.78 bits per heavy atom. The number of ether oxygens (including phenoxy) is 2. The molecule has 0 aromatic rings. The van der Waals surface area contributed by atoms with E-state index in [0.717, 1.165) is 13.0 Å². The van der Waals surface area contributed by atoms with Crippen LogP contribution in [0.25, 0.3) is 0 Å². The average molecular weight is 130 g/mol. The summed E-state index contributed by atoms with van der Waals surface area (Å²) in [4.78, 5) is 0. The summed E-state index contributed by atoms with van der Waals surface area (Å²) < 4.78 is 10.4. The van der Waals surface area contributed by atoms with Crippen LogP contribution in [-0.4, -0.2) is 25.9 Å². The molecule has 0 spiro atoms. The van der Waals surface area contributed by atoms with Crippen LogP contribution in [0.5, 0.6) is 0 Å². The molecule has 0 bridgehead atoms. The molecular formula is C7H14O2. The lowest BCUT2D eigenvalue weighted by atomic mass is 10.2. The fraction of sp³-hybridized carbons (Fsp3) is 1.00. The average Bonchev–Trinajstić information content (AvgIpc) is 2.17. The maximum atomic E-state index is 5.48. The largest absolute Gasteiger partial charge is 0.382 e. The second-order valence-electron chi connectivity index (χ2n) is 2.60. The molecule has 1 saturated heterocycles. The van der Waals surface area contributed by atoms with Crippen molar-refractivity contribution >= 4 is 0 Å². The van der Waals surface area contributed by atoms with E-state index in [9.17, 15) is 0 Å². The molecule has 1 aliphatic heterocycles. The molecule has 1 fully saturated rings. The predicted molar refractivity (Wildman–Crippen MR) is 35.4 cm³/mol. The Balaban J connectivity index is 2.14. The molecule has 2 nitrogen and oxygen atoms in total. The van der Waals surface area contributed by atoms with Crippen LogP contribution in [0.3, 0.4) is 0 Å². The Morgan fingerprint density at radius 1 is 1.56 bits per heavy atom. The Morgan fingerprint density at radius 2 is 2.33 bits per heavy atom. The Kier molecular flexibility index (Phi) is 2.49. The summed E-state index contributed by atoms with van der Waals surface area (Å²) >= 11 is 0. The van der Waals surface area contributed by atoms with Gasteiger partial charge in [0, 0.05) is 7.11 Å². The van der Waals surface area contributed by atoms with Crippen molar-refractivity contribution in [3.8, 4) is 0 Å². The summed E-state index contributed by atoms with van der Waals surface area (Å²) in [5.74, 6) is 0. The summed E-state index contributed by atoms with van der Waals surface area (Å²) in [5.41, 5.74) is 0. The van der Waals surface area contributed by atoms with Crippen LogP contribution < -0.4 is 0 Å². The topological polar surface area (TPSA) is 18.5 Å². The van der Waals surface area contributed by atoms with Crippen molar-refractivity contribution in [2.24, 2.45) is 0 Å². The summed E-state index contributed by atoms with van der Waals surface area (Å²) in [6.45, 7) is 2.86. The molecule has 2 heteroatoms. The maximum Gasteiger partial charge on any atom is 0.0812 e. The monoisotopic (exact) mass is 130 g/mol. The van der Waals surface area contributed by atoms with Gasteiger partial charge in [0.2, 0.25) is 0 Å². The van der Waals surface area contributed by atoms with Crippen molar-refractivity contribution in [1.82, 2.24) is 0 Å². The number of rotatable bonds is 2. The molecule has 1 rings (SSSR count). The van der Waals surface area contributed by atoms with Crippen molar-refractivity contribution in [2.45, 2.75) is 32.0 Å². The lowest BCUT2D eigenvalue weighted by Gasteiger charge is -2.08. The fourth-order valence-electron chi connectivity index (χ4n) is 1.19. The van der Waals surface area contributed by atoms with E-state index in [1.54, 1.807) is 7.11 Å². The minimum atomic E-state index is 0.366. The molecule has 0 aromatic carbocycles. The number of hydrogen-bond donors (Lipinski definition) is 0. The van der Waals surface area contributed by atoms with E-state index in [4.69, 9.17) is 9.47 Å². The van der Waals surface area contributed by atoms with Gasteiger partial charge in [-0.05, 0) is 19.8 Å². The van der Waals surface area contributed by atoms with Crippen LogP contribution >= 0.6 is 0 Å². The van der Waals surface area contributed by atoms with Gasteiger partial charge in [-0.3, -0.25) is 0 Å². The van der Waals surface area contributed by atoms with Crippen LogP contribution in [0.2, 0.25) is 0 Å². The second-order valence-corrected chi connectivity index (χ2v) is 2.60. The normalized spacial score (nSPS) is 35.3. The van der Waals surface area contributed by atoms with Gasteiger partial charge in [-0.15, -0.1) is 0 Å². The highest BCUT2D eigenvalue weighted by molar-refractivity contribution is 4.69. The maximum absolute atomic E-state index is 5.48. The minimum absolute atomic E-state index is 0.366. The molecular weight excluding hydrogens is 116 g/mol. The lowest BCUT2D eigenvalue weighted by molar-refractivity contribution is 0.00553. The van der Waals surface area contributed by atoms with E-state index in [1.807, 2.05) is 0 Å². The molecule has 9 heavy (non-hydrogen) atoms. The molecule has 0 amide bonds. The molecule has 0 radical (unpaired) electrons. The Bertz CT molecular complexity index is 81.0. The van der Waals surface area contributed by atoms with Crippen molar-refractivity contribution in [2.75, 3.05) is 13.7 Å². The van der Waals surface area contributed by atoms with Gasteiger partial charge in [-0.1, -0.05) is 0 Å². The van der Waals surface area contributed by atoms with E-state index >= 15 is 0 Å². The Labute approximate surface area is 56.2 Å². The van der Waals surface area contributed by atoms with E-state index < -0.39 is 0 Å². The van der Waals surface area contributed by atoms with E-state index in [2.05, 4.69) is 6.92 Å². The smallest absolute Gasteiger partial charge is 0.0812 e. The fourth-order valence-corrected chi connectivity index (χ4v) is 1.19. The van der Waals surface area contributed by atoms with Crippen LogP contribution in [-0.2, 0) is 9.47 Å². The van der Waals surface area contributed by atoms with Gasteiger partial charge in [-0.25, -0.2) is 0 Å². The third-order valence-electron chi connectivity index (χ3n) is 1.67. The van der Waals surface area contributed by atoms with Gasteiger partial charge in [0.1, 0.15) is 0 Å². The first-order valence-electron chi connectivity index (χ1n) is 3.47. The van der Waals surface area contributed by atoms with Crippen molar-refractivity contribution in [3.05, 3.63) is 0 Å². The predicted octanol–water partition coefficient (Wildman–Crippen LogP) is 1.20. The van der Waals surface area contributed by atoms with Gasteiger partial charge in [0.15, 0.2) is 0 Å². The zero-order valence-electron chi connectivity index (χ0n) is 6.09. The molecule has 2 atom stereocenters. The summed E-state index contributed by atoms with van der Waals surface area (Å²) in [5, 5.41) is 0. The highest BCUT2D eigenvalue weighted by atomic mass is 16.5. The summed E-state index contributed by atoms with van der Waals surface area (Å²) in [6.07, 6.45) is 3.17. The highest BCUT2D eigenvalue weighted by Gasteiger charge is 2.20. The second kappa shape index (κ2) is 3.18. The van der Waals surface area contributed by atoms with Crippen LogP contribution in [0.1, 0.15) is 19.8 Å². The summed E-state index contributed by atoms with van der Waals surface area (Å²) in [7, 11) is 1.71. The van der Waals surface area contributed by atoms with Crippen LogP contribution in [0, 0.1) is 0 Å². The minimum Gasteiger partial charge on any atom is -0.382 e. The van der Waals surface area contributed by atoms with Gasteiger partial charge in [-0.2, -0.15) is 0 Å².